The molecule has 58 heavy (non-hydrogen) atoms. The highest BCUT2D eigenvalue weighted by molar-refractivity contribution is 6.15. The molecule has 0 aliphatic heterocycles. The van der Waals surface area contributed by atoms with Crippen LogP contribution >= 0.6 is 0 Å². The molecule has 1 heterocycles. The van der Waals surface area contributed by atoms with Gasteiger partial charge in [0.1, 0.15) is 11.2 Å². The lowest BCUT2D eigenvalue weighted by atomic mass is 9.92. The summed E-state index contributed by atoms with van der Waals surface area (Å²) in [5.74, 6) is 0. The number of furan rings is 1. The third-order valence-electron chi connectivity index (χ3n) is 11.7. The van der Waals surface area contributed by atoms with E-state index >= 15 is 0 Å². The Kier molecular flexibility index (Phi) is 8.33. The number of nitrogens with zero attached hydrogens (tertiary/aromatic N) is 1. The van der Waals surface area contributed by atoms with Crippen LogP contribution in [0, 0.1) is 0 Å². The molecule has 2 heteroatoms. The Labute approximate surface area is 338 Å². The highest BCUT2D eigenvalue weighted by atomic mass is 16.3. The normalized spacial score (nSPS) is 12.3. The maximum atomic E-state index is 6.53. The molecule has 0 N–H and O–H groups in total. The van der Waals surface area contributed by atoms with E-state index in [2.05, 4.69) is 217 Å². The molecular weight excluding hydrogens is 703 g/mol. The lowest BCUT2D eigenvalue weighted by molar-refractivity contribution is 0.672. The molecule has 2 nitrogen and oxygen atoms in total. The van der Waals surface area contributed by atoms with Crippen molar-refractivity contribution >= 4 is 55.8 Å². The van der Waals surface area contributed by atoms with Crippen LogP contribution in [0.25, 0.3) is 83.3 Å². The predicted molar refractivity (Wildman–Crippen MR) is 245 cm³/mol. The van der Waals surface area contributed by atoms with E-state index in [0.717, 1.165) is 68.4 Å². The van der Waals surface area contributed by atoms with Gasteiger partial charge in [0.05, 0.1) is 11.4 Å². The zero-order chi connectivity index (χ0) is 38.4. The van der Waals surface area contributed by atoms with Crippen LogP contribution in [0.1, 0.15) is 17.5 Å². The molecule has 0 amide bonds. The number of benzene rings is 9. The molecule has 0 spiro atoms. The van der Waals surface area contributed by atoms with Gasteiger partial charge < -0.3 is 9.32 Å². The van der Waals surface area contributed by atoms with Crippen LogP contribution in [0.4, 0.5) is 17.1 Å². The number of anilines is 3. The molecule has 0 bridgehead atoms. The second-order valence-electron chi connectivity index (χ2n) is 15.2. The minimum absolute atomic E-state index is 0.891. The van der Waals surface area contributed by atoms with Crippen LogP contribution in [-0.4, -0.2) is 0 Å². The lowest BCUT2D eigenvalue weighted by Gasteiger charge is -2.30. The summed E-state index contributed by atoms with van der Waals surface area (Å²) < 4.78 is 6.53. The SMILES string of the molecule is C1=Cc2ccc(-c3cccc(-c4ccc(N(c5ccccc5-c5ccccc5)c5ccccc5-c5ccc6oc7c8ccccc8ccc7c6c5)cc4)c3)cc2CC1. The fraction of sp³-hybridized carbons (Fsp3) is 0.0357. The molecule has 0 atom stereocenters. The van der Waals surface area contributed by atoms with Crippen molar-refractivity contribution in [2.75, 3.05) is 4.90 Å². The molecule has 1 aliphatic rings. The Bertz CT molecular complexity index is 3170. The number of fused-ring (bicyclic) bond motifs is 6. The van der Waals surface area contributed by atoms with Crippen molar-refractivity contribution in [1.82, 2.24) is 0 Å². The minimum Gasteiger partial charge on any atom is -0.455 e. The van der Waals surface area contributed by atoms with Crippen molar-refractivity contribution in [2.24, 2.45) is 0 Å². The van der Waals surface area contributed by atoms with Gasteiger partial charge in [0.25, 0.3) is 0 Å². The molecule has 1 aliphatic carbocycles. The fourth-order valence-corrected chi connectivity index (χ4v) is 8.82. The molecule has 0 fully saturated rings. The summed E-state index contributed by atoms with van der Waals surface area (Å²) in [7, 11) is 0. The third kappa shape index (κ3) is 5.98. The van der Waals surface area contributed by atoms with Crippen molar-refractivity contribution in [3.05, 3.63) is 217 Å². The number of allylic oxidation sites excluding steroid dienone is 1. The van der Waals surface area contributed by atoms with Crippen LogP contribution < -0.4 is 4.90 Å². The van der Waals surface area contributed by atoms with E-state index in [-0.39, 0.29) is 0 Å². The van der Waals surface area contributed by atoms with Crippen molar-refractivity contribution in [3.63, 3.8) is 0 Å². The Morgan fingerprint density at radius 2 is 1.07 bits per heavy atom. The van der Waals surface area contributed by atoms with E-state index in [1.807, 2.05) is 0 Å². The van der Waals surface area contributed by atoms with Gasteiger partial charge in [-0.3, -0.25) is 0 Å². The molecule has 0 radical (unpaired) electrons. The molecule has 1 aromatic heterocycles. The van der Waals surface area contributed by atoms with Crippen molar-refractivity contribution in [3.8, 4) is 44.5 Å². The highest BCUT2D eigenvalue weighted by Gasteiger charge is 2.21. The number of hydrogen-bond donors (Lipinski definition) is 0. The van der Waals surface area contributed by atoms with Gasteiger partial charge in [-0.2, -0.15) is 0 Å². The first-order valence-corrected chi connectivity index (χ1v) is 20.1. The first-order chi connectivity index (χ1) is 28.7. The average molecular weight is 742 g/mol. The zero-order valence-corrected chi connectivity index (χ0v) is 32.0. The quantitative estimate of drug-likeness (QED) is 0.162. The monoisotopic (exact) mass is 741 g/mol. The summed E-state index contributed by atoms with van der Waals surface area (Å²) in [6.07, 6.45) is 6.73. The van der Waals surface area contributed by atoms with Crippen LogP contribution in [-0.2, 0) is 6.42 Å². The topological polar surface area (TPSA) is 16.4 Å². The number of para-hydroxylation sites is 2. The number of aryl methyl sites for hydroxylation is 1. The molecule has 0 saturated heterocycles. The van der Waals surface area contributed by atoms with Gasteiger partial charge in [-0.05, 0) is 111 Å². The Balaban J connectivity index is 1.04. The maximum Gasteiger partial charge on any atom is 0.143 e. The average Bonchev–Trinajstić information content (AvgIpc) is 3.68. The van der Waals surface area contributed by atoms with Gasteiger partial charge in [0, 0.05) is 33.0 Å². The zero-order valence-electron chi connectivity index (χ0n) is 32.0. The van der Waals surface area contributed by atoms with Crippen LogP contribution in [0.15, 0.2) is 211 Å². The second-order valence-corrected chi connectivity index (χ2v) is 15.2. The maximum absolute atomic E-state index is 6.53. The first kappa shape index (κ1) is 33.9. The van der Waals surface area contributed by atoms with Crippen molar-refractivity contribution < 1.29 is 4.42 Å². The summed E-state index contributed by atoms with van der Waals surface area (Å²) in [6, 6.07) is 72.6. The molecule has 9 aromatic carbocycles. The Morgan fingerprint density at radius 1 is 0.414 bits per heavy atom. The van der Waals surface area contributed by atoms with Crippen LogP contribution in [0.5, 0.6) is 0 Å². The van der Waals surface area contributed by atoms with E-state index in [0.29, 0.717) is 0 Å². The third-order valence-corrected chi connectivity index (χ3v) is 11.7. The van der Waals surface area contributed by atoms with Crippen LogP contribution in [0.2, 0.25) is 0 Å². The van der Waals surface area contributed by atoms with E-state index in [9.17, 15) is 0 Å². The fourth-order valence-electron chi connectivity index (χ4n) is 8.82. The molecular formula is C56H39NO. The summed E-state index contributed by atoms with van der Waals surface area (Å²) in [5.41, 5.74) is 17.4. The van der Waals surface area contributed by atoms with Gasteiger partial charge >= 0.3 is 0 Å². The van der Waals surface area contributed by atoms with E-state index in [4.69, 9.17) is 4.42 Å². The minimum atomic E-state index is 0.891. The summed E-state index contributed by atoms with van der Waals surface area (Å²) in [4.78, 5) is 2.42. The predicted octanol–water partition coefficient (Wildman–Crippen LogP) is 15.8. The van der Waals surface area contributed by atoms with Gasteiger partial charge in [-0.15, -0.1) is 0 Å². The van der Waals surface area contributed by atoms with E-state index in [1.165, 1.54) is 49.9 Å². The standard InChI is InChI=1S/C56H39NO/c1-2-14-40(15-3-1)48-20-8-10-23-53(48)57(47-31-27-39(28-32-47)43-18-12-19-44(35-43)45-26-25-38-13-4-5-17-42(38)36-45)54-24-11-9-21-49(54)46-30-34-55-52(37-46)51-33-29-41-16-6-7-22-50(41)56(51)58-55/h1-4,6-16,18-37H,5,17H2. The second kappa shape index (κ2) is 14.3. The van der Waals surface area contributed by atoms with E-state index < -0.39 is 0 Å². The van der Waals surface area contributed by atoms with Gasteiger partial charge in [-0.25, -0.2) is 0 Å². The summed E-state index contributed by atoms with van der Waals surface area (Å²) in [5, 5.41) is 4.55. The molecule has 10 aromatic rings. The first-order valence-electron chi connectivity index (χ1n) is 20.1. The Hall–Kier alpha value is -7.42. The summed E-state index contributed by atoms with van der Waals surface area (Å²) >= 11 is 0. The lowest BCUT2D eigenvalue weighted by Crippen LogP contribution is -2.12. The van der Waals surface area contributed by atoms with E-state index in [1.54, 1.807) is 0 Å². The molecule has 0 saturated carbocycles. The van der Waals surface area contributed by atoms with Crippen molar-refractivity contribution in [1.29, 1.82) is 0 Å². The molecule has 274 valence electrons. The van der Waals surface area contributed by atoms with Gasteiger partial charge in [0.15, 0.2) is 0 Å². The largest absolute Gasteiger partial charge is 0.455 e. The summed E-state index contributed by atoms with van der Waals surface area (Å²) in [6.45, 7) is 0. The van der Waals surface area contributed by atoms with Crippen LogP contribution in [0.3, 0.4) is 0 Å². The van der Waals surface area contributed by atoms with Gasteiger partial charge in [-0.1, -0.05) is 164 Å². The smallest absolute Gasteiger partial charge is 0.143 e. The van der Waals surface area contributed by atoms with Crippen molar-refractivity contribution in [2.45, 2.75) is 12.8 Å². The number of rotatable bonds is 7. The Morgan fingerprint density at radius 3 is 1.90 bits per heavy atom. The van der Waals surface area contributed by atoms with Gasteiger partial charge in [0.2, 0.25) is 0 Å². The molecule has 0 unspecified atom stereocenters. The number of hydrogen-bond acceptors (Lipinski definition) is 2. The molecule has 11 rings (SSSR count). The highest BCUT2D eigenvalue weighted by Crippen LogP contribution is 2.46.